The summed E-state index contributed by atoms with van der Waals surface area (Å²) >= 11 is 0. The summed E-state index contributed by atoms with van der Waals surface area (Å²) in [5.74, 6) is 0.515. The lowest BCUT2D eigenvalue weighted by Gasteiger charge is -2.30. The monoisotopic (exact) mass is 412 g/mol. The summed E-state index contributed by atoms with van der Waals surface area (Å²) in [6, 6.07) is 16.3. The number of carbonyl (C=O) groups excluding carboxylic acids is 1. The van der Waals surface area contributed by atoms with Gasteiger partial charge in [0.25, 0.3) is 0 Å². The molecule has 0 aliphatic carbocycles. The van der Waals surface area contributed by atoms with Crippen molar-refractivity contribution in [1.29, 1.82) is 0 Å². The highest BCUT2D eigenvalue weighted by molar-refractivity contribution is 5.71. The number of β-amino-alcohol motifs (C(OH)–C–C–N with tert-alkyl or cyclic N) is 1. The predicted octanol–water partition coefficient (Wildman–Crippen LogP) is 2.48. The first kappa shape index (κ1) is 22.3. The van der Waals surface area contributed by atoms with Gasteiger partial charge in [0.2, 0.25) is 0 Å². The molecule has 0 saturated heterocycles. The Labute approximate surface area is 179 Å². The Morgan fingerprint density at radius 2 is 1.90 bits per heavy atom. The fourth-order valence-electron chi connectivity index (χ4n) is 3.74. The molecule has 0 fully saturated rings. The van der Waals surface area contributed by atoms with Crippen LogP contribution in [0.25, 0.3) is 0 Å². The third-order valence-electron chi connectivity index (χ3n) is 5.20. The molecule has 2 aromatic rings. The van der Waals surface area contributed by atoms with Gasteiger partial charge in [-0.1, -0.05) is 36.4 Å². The van der Waals surface area contributed by atoms with Crippen molar-refractivity contribution in [1.82, 2.24) is 9.80 Å². The number of esters is 1. The van der Waals surface area contributed by atoms with Gasteiger partial charge >= 0.3 is 5.97 Å². The number of fused-ring (bicyclic) bond motifs is 1. The summed E-state index contributed by atoms with van der Waals surface area (Å²) in [4.78, 5) is 15.7. The van der Waals surface area contributed by atoms with E-state index in [0.717, 1.165) is 30.8 Å². The average Bonchev–Trinajstić information content (AvgIpc) is 2.73. The minimum Gasteiger partial charge on any atom is -0.491 e. The summed E-state index contributed by atoms with van der Waals surface area (Å²) in [6.07, 6.45) is 0.487. The average molecular weight is 413 g/mol. The molecular formula is C24H32N2O4. The maximum absolute atomic E-state index is 11.5. The molecule has 1 heterocycles. The van der Waals surface area contributed by atoms with Crippen molar-refractivity contribution in [3.63, 3.8) is 0 Å². The summed E-state index contributed by atoms with van der Waals surface area (Å²) < 4.78 is 10.7. The van der Waals surface area contributed by atoms with Crippen molar-refractivity contribution >= 4 is 5.97 Å². The van der Waals surface area contributed by atoms with E-state index in [2.05, 4.69) is 29.2 Å². The van der Waals surface area contributed by atoms with Gasteiger partial charge in [0.15, 0.2) is 0 Å². The number of hydrogen-bond donors (Lipinski definition) is 1. The van der Waals surface area contributed by atoms with Crippen molar-refractivity contribution in [2.24, 2.45) is 0 Å². The highest BCUT2D eigenvalue weighted by atomic mass is 16.5. The first-order valence-electron chi connectivity index (χ1n) is 10.6. The number of rotatable bonds is 10. The van der Waals surface area contributed by atoms with Crippen LogP contribution >= 0.6 is 0 Å². The minimum atomic E-state index is -0.536. The Kier molecular flexibility index (Phi) is 8.25. The van der Waals surface area contributed by atoms with Crippen LogP contribution in [0.3, 0.4) is 0 Å². The lowest BCUT2D eigenvalue weighted by Crippen LogP contribution is -2.38. The lowest BCUT2D eigenvalue weighted by atomic mass is 10.00. The van der Waals surface area contributed by atoms with E-state index in [1.165, 1.54) is 11.1 Å². The molecule has 6 heteroatoms. The number of aliphatic hydroxyl groups is 1. The van der Waals surface area contributed by atoms with E-state index in [1.807, 2.05) is 36.2 Å². The number of carbonyl (C=O) groups is 1. The molecule has 0 spiro atoms. The molecule has 30 heavy (non-hydrogen) atoms. The van der Waals surface area contributed by atoms with E-state index < -0.39 is 6.10 Å². The number of aliphatic hydroxyl groups excluding tert-OH is 1. The smallest absolute Gasteiger partial charge is 0.320 e. The van der Waals surface area contributed by atoms with Crippen molar-refractivity contribution in [2.45, 2.75) is 32.5 Å². The predicted molar refractivity (Wildman–Crippen MR) is 116 cm³/mol. The maximum atomic E-state index is 11.5. The van der Waals surface area contributed by atoms with Gasteiger partial charge in [0.05, 0.1) is 13.2 Å². The van der Waals surface area contributed by atoms with E-state index in [9.17, 15) is 9.90 Å². The number of ether oxygens (including phenoxy) is 2. The van der Waals surface area contributed by atoms with Crippen LogP contribution in [0.15, 0.2) is 48.5 Å². The molecule has 0 radical (unpaired) electrons. The van der Waals surface area contributed by atoms with Gasteiger partial charge in [-0.2, -0.15) is 0 Å². The van der Waals surface area contributed by atoms with Gasteiger partial charge in [-0.15, -0.1) is 0 Å². The molecule has 0 bridgehead atoms. The molecule has 6 nitrogen and oxygen atoms in total. The van der Waals surface area contributed by atoms with Crippen LogP contribution in [-0.2, 0) is 29.0 Å². The highest BCUT2D eigenvalue weighted by Crippen LogP contribution is 2.19. The summed E-state index contributed by atoms with van der Waals surface area (Å²) in [6.45, 7) is 5.82. The maximum Gasteiger partial charge on any atom is 0.320 e. The number of nitrogens with zero attached hydrogens (tertiary/aromatic N) is 2. The zero-order valence-corrected chi connectivity index (χ0v) is 17.9. The van der Waals surface area contributed by atoms with Crippen LogP contribution in [-0.4, -0.2) is 66.9 Å². The van der Waals surface area contributed by atoms with Crippen LogP contribution in [0.2, 0.25) is 0 Å². The number of hydrogen-bond acceptors (Lipinski definition) is 6. The van der Waals surface area contributed by atoms with Gasteiger partial charge < -0.3 is 14.6 Å². The Balaban J connectivity index is 1.40. The topological polar surface area (TPSA) is 62.2 Å². The Bertz CT molecular complexity index is 809. The third kappa shape index (κ3) is 6.83. The standard InChI is InChI=1S/C24H32N2O4/c1-3-29-24(28)17-25(2)14-19-8-10-23(11-9-19)30-18-22(27)16-26-13-12-20-6-4-5-7-21(20)15-26/h4-11,22,27H,3,12-18H2,1-2H3. The van der Waals surface area contributed by atoms with Crippen molar-refractivity contribution < 1.29 is 19.4 Å². The zero-order chi connectivity index (χ0) is 21.3. The van der Waals surface area contributed by atoms with Crippen LogP contribution < -0.4 is 4.74 Å². The van der Waals surface area contributed by atoms with Gasteiger partial charge in [-0.25, -0.2) is 0 Å². The second-order valence-electron chi connectivity index (χ2n) is 7.84. The van der Waals surface area contributed by atoms with Gasteiger partial charge in [-0.3, -0.25) is 14.6 Å². The zero-order valence-electron chi connectivity index (χ0n) is 17.9. The summed E-state index contributed by atoms with van der Waals surface area (Å²) in [7, 11) is 1.89. The number of likely N-dealkylation sites (N-methyl/N-ethyl adjacent to an activating group) is 1. The second-order valence-corrected chi connectivity index (χ2v) is 7.84. The first-order chi connectivity index (χ1) is 14.5. The molecule has 0 aromatic heterocycles. The number of benzene rings is 2. The largest absolute Gasteiger partial charge is 0.491 e. The minimum absolute atomic E-state index is 0.217. The molecular weight excluding hydrogens is 380 g/mol. The van der Waals surface area contributed by atoms with Crippen molar-refractivity contribution in [3.8, 4) is 5.75 Å². The quantitative estimate of drug-likeness (QED) is 0.605. The van der Waals surface area contributed by atoms with Gasteiger partial charge in [0.1, 0.15) is 18.5 Å². The van der Waals surface area contributed by atoms with E-state index in [0.29, 0.717) is 19.7 Å². The molecule has 0 saturated carbocycles. The normalized spacial score (nSPS) is 14.9. The fraction of sp³-hybridized carbons (Fsp3) is 0.458. The van der Waals surface area contributed by atoms with E-state index in [1.54, 1.807) is 6.92 Å². The first-order valence-corrected chi connectivity index (χ1v) is 10.6. The Morgan fingerprint density at radius 1 is 1.17 bits per heavy atom. The SMILES string of the molecule is CCOC(=O)CN(C)Cc1ccc(OCC(O)CN2CCc3ccccc3C2)cc1. The molecule has 162 valence electrons. The molecule has 1 unspecified atom stereocenters. The Hall–Kier alpha value is -2.41. The summed E-state index contributed by atoms with van der Waals surface area (Å²) in [5.41, 5.74) is 3.84. The Morgan fingerprint density at radius 3 is 2.63 bits per heavy atom. The second kappa shape index (κ2) is 11.1. The third-order valence-corrected chi connectivity index (χ3v) is 5.20. The van der Waals surface area contributed by atoms with Crippen LogP contribution in [0.1, 0.15) is 23.6 Å². The van der Waals surface area contributed by atoms with Crippen LogP contribution in [0, 0.1) is 0 Å². The fourth-order valence-corrected chi connectivity index (χ4v) is 3.74. The molecule has 1 atom stereocenters. The molecule has 1 aliphatic rings. The van der Waals surface area contributed by atoms with Crippen LogP contribution in [0.5, 0.6) is 5.75 Å². The van der Waals surface area contributed by atoms with E-state index in [4.69, 9.17) is 9.47 Å². The lowest BCUT2D eigenvalue weighted by molar-refractivity contribution is -0.144. The summed E-state index contributed by atoms with van der Waals surface area (Å²) in [5, 5.41) is 10.4. The molecule has 3 rings (SSSR count). The van der Waals surface area contributed by atoms with Crippen molar-refractivity contribution in [3.05, 3.63) is 65.2 Å². The highest BCUT2D eigenvalue weighted by Gasteiger charge is 2.18. The van der Waals surface area contributed by atoms with E-state index in [-0.39, 0.29) is 19.1 Å². The molecule has 0 amide bonds. The van der Waals surface area contributed by atoms with Gasteiger partial charge in [0, 0.05) is 26.2 Å². The van der Waals surface area contributed by atoms with E-state index >= 15 is 0 Å². The van der Waals surface area contributed by atoms with Gasteiger partial charge in [-0.05, 0) is 49.2 Å². The molecule has 1 N–H and O–H groups in total. The van der Waals surface area contributed by atoms with Crippen LogP contribution in [0.4, 0.5) is 0 Å². The van der Waals surface area contributed by atoms with Crippen molar-refractivity contribution in [2.75, 3.05) is 39.9 Å². The molecule has 1 aliphatic heterocycles. The molecule has 2 aromatic carbocycles.